The van der Waals surface area contributed by atoms with Crippen molar-refractivity contribution in [2.45, 2.75) is 31.3 Å². The van der Waals surface area contributed by atoms with Crippen LogP contribution in [0.25, 0.3) is 0 Å². The third kappa shape index (κ3) is 5.93. The second-order valence-corrected chi connectivity index (χ2v) is 11.8. The molecule has 0 radical (unpaired) electrons. The molecule has 1 atom stereocenters. The Bertz CT molecular complexity index is 1630. The summed E-state index contributed by atoms with van der Waals surface area (Å²) in [6.45, 7) is 4.81. The van der Waals surface area contributed by atoms with E-state index in [-0.39, 0.29) is 23.4 Å². The molecule has 1 N–H and O–H groups in total. The van der Waals surface area contributed by atoms with Crippen molar-refractivity contribution in [3.05, 3.63) is 118 Å². The Hall–Kier alpha value is -4.01. The van der Waals surface area contributed by atoms with E-state index in [2.05, 4.69) is 5.32 Å². The summed E-state index contributed by atoms with van der Waals surface area (Å²) in [5, 5.41) is 3.45. The number of amides is 1. The van der Waals surface area contributed by atoms with Crippen molar-refractivity contribution in [3.63, 3.8) is 0 Å². The fourth-order valence-electron chi connectivity index (χ4n) is 4.49. The van der Waals surface area contributed by atoms with Crippen LogP contribution in [0.1, 0.15) is 40.0 Å². The number of halogens is 1. The molecule has 0 aliphatic carbocycles. The van der Waals surface area contributed by atoms with E-state index in [1.54, 1.807) is 72.8 Å². The van der Waals surface area contributed by atoms with Crippen molar-refractivity contribution < 1.29 is 22.7 Å². The Morgan fingerprint density at radius 1 is 0.925 bits per heavy atom. The second kappa shape index (κ2) is 11.6. The minimum absolute atomic E-state index is 0.0634. The van der Waals surface area contributed by atoms with Gasteiger partial charge in [0.1, 0.15) is 13.2 Å². The molecule has 4 aromatic rings. The van der Waals surface area contributed by atoms with Crippen LogP contribution in [0, 0.1) is 6.92 Å². The lowest BCUT2D eigenvalue weighted by Crippen LogP contribution is -2.31. The molecular weight excluding hydrogens is 548 g/mol. The normalized spacial score (nSPS) is 13.4. The number of carbonyl (C=O) groups excluding carboxylic acids is 1. The number of nitrogens with zero attached hydrogens (tertiary/aromatic N) is 1. The minimum Gasteiger partial charge on any atom is -0.486 e. The molecule has 40 heavy (non-hydrogen) atoms. The van der Waals surface area contributed by atoms with Gasteiger partial charge in [0.25, 0.3) is 15.9 Å². The third-order valence-electron chi connectivity index (χ3n) is 6.73. The van der Waals surface area contributed by atoms with E-state index in [1.807, 2.05) is 32.0 Å². The first-order chi connectivity index (χ1) is 19.2. The molecule has 5 rings (SSSR count). The molecule has 1 amide bonds. The standard InChI is InChI=1S/C31H29ClN2O5S/c1-21-8-14-26(32)19-28(21)34(40(36,37)27-6-4-3-5-7-27)20-23-9-11-24(12-10-23)31(35)33-22(2)25-13-15-29-30(18-25)39-17-16-38-29/h3-15,18-19,22H,16-17,20H2,1-2H3,(H,33,35). The second-order valence-electron chi connectivity index (χ2n) is 9.55. The van der Waals surface area contributed by atoms with Gasteiger partial charge in [0.15, 0.2) is 11.5 Å². The van der Waals surface area contributed by atoms with Crippen LogP contribution >= 0.6 is 11.6 Å². The average molecular weight is 577 g/mol. The smallest absolute Gasteiger partial charge is 0.264 e. The zero-order valence-electron chi connectivity index (χ0n) is 22.1. The minimum atomic E-state index is -3.90. The first-order valence-electron chi connectivity index (χ1n) is 12.9. The number of benzene rings is 4. The van der Waals surface area contributed by atoms with Crippen molar-refractivity contribution in [1.29, 1.82) is 0 Å². The fourth-order valence-corrected chi connectivity index (χ4v) is 6.19. The van der Waals surface area contributed by atoms with Gasteiger partial charge < -0.3 is 14.8 Å². The Kier molecular flexibility index (Phi) is 8.00. The fraction of sp³-hybridized carbons (Fsp3) is 0.194. The van der Waals surface area contributed by atoms with Gasteiger partial charge in [0.2, 0.25) is 0 Å². The van der Waals surface area contributed by atoms with Crippen LogP contribution in [0.3, 0.4) is 0 Å². The van der Waals surface area contributed by atoms with E-state index in [0.29, 0.717) is 41.0 Å². The van der Waals surface area contributed by atoms with Crippen LogP contribution in [0.15, 0.2) is 95.9 Å². The predicted molar refractivity (Wildman–Crippen MR) is 156 cm³/mol. The molecule has 0 saturated carbocycles. The molecule has 1 aliphatic rings. The lowest BCUT2D eigenvalue weighted by atomic mass is 10.1. The molecule has 0 saturated heterocycles. The van der Waals surface area contributed by atoms with Gasteiger partial charge in [0, 0.05) is 10.6 Å². The first kappa shape index (κ1) is 27.6. The van der Waals surface area contributed by atoms with E-state index in [9.17, 15) is 13.2 Å². The molecule has 4 aromatic carbocycles. The highest BCUT2D eigenvalue weighted by atomic mass is 35.5. The molecular formula is C31H29ClN2O5S. The summed E-state index contributed by atoms with van der Waals surface area (Å²) in [6, 6.07) is 25.7. The number of carbonyl (C=O) groups is 1. The lowest BCUT2D eigenvalue weighted by molar-refractivity contribution is 0.0939. The topological polar surface area (TPSA) is 84.9 Å². The largest absolute Gasteiger partial charge is 0.486 e. The third-order valence-corrected chi connectivity index (χ3v) is 8.74. The highest BCUT2D eigenvalue weighted by Crippen LogP contribution is 2.33. The number of anilines is 1. The number of rotatable bonds is 8. The van der Waals surface area contributed by atoms with Gasteiger partial charge in [-0.15, -0.1) is 0 Å². The number of ether oxygens (including phenoxy) is 2. The van der Waals surface area contributed by atoms with Crippen LogP contribution in [0.2, 0.25) is 5.02 Å². The van der Waals surface area contributed by atoms with Gasteiger partial charge in [-0.1, -0.05) is 54.1 Å². The SMILES string of the molecule is Cc1ccc(Cl)cc1N(Cc1ccc(C(=O)NC(C)c2ccc3c(c2)OCCO3)cc1)S(=O)(=O)c1ccccc1. The summed E-state index contributed by atoms with van der Waals surface area (Å²) in [7, 11) is -3.90. The molecule has 1 unspecified atom stereocenters. The Morgan fingerprint density at radius 3 is 2.35 bits per heavy atom. The van der Waals surface area contributed by atoms with Gasteiger partial charge >= 0.3 is 0 Å². The highest BCUT2D eigenvalue weighted by molar-refractivity contribution is 7.92. The van der Waals surface area contributed by atoms with Crippen molar-refractivity contribution in [3.8, 4) is 11.5 Å². The van der Waals surface area contributed by atoms with E-state index < -0.39 is 10.0 Å². The molecule has 0 fully saturated rings. The molecule has 7 nitrogen and oxygen atoms in total. The molecule has 1 aliphatic heterocycles. The van der Waals surface area contributed by atoms with Crippen molar-refractivity contribution in [2.24, 2.45) is 0 Å². The molecule has 0 spiro atoms. The summed E-state index contributed by atoms with van der Waals surface area (Å²) in [5.41, 5.74) is 3.34. The van der Waals surface area contributed by atoms with Crippen molar-refractivity contribution in [2.75, 3.05) is 17.5 Å². The summed E-state index contributed by atoms with van der Waals surface area (Å²) in [6.07, 6.45) is 0. The van der Waals surface area contributed by atoms with Crippen LogP contribution in [0.4, 0.5) is 5.69 Å². The van der Waals surface area contributed by atoms with Crippen molar-refractivity contribution >= 4 is 33.2 Å². The summed E-state index contributed by atoms with van der Waals surface area (Å²) >= 11 is 6.26. The van der Waals surface area contributed by atoms with Crippen LogP contribution in [0.5, 0.6) is 11.5 Å². The molecule has 1 heterocycles. The van der Waals surface area contributed by atoms with Gasteiger partial charge in [-0.3, -0.25) is 9.10 Å². The van der Waals surface area contributed by atoms with Gasteiger partial charge in [0.05, 0.1) is 23.2 Å². The Balaban J connectivity index is 1.35. The van der Waals surface area contributed by atoms with Gasteiger partial charge in [-0.05, 0) is 79.1 Å². The number of fused-ring (bicyclic) bond motifs is 1. The zero-order chi connectivity index (χ0) is 28.3. The highest BCUT2D eigenvalue weighted by Gasteiger charge is 2.27. The number of hydrogen-bond acceptors (Lipinski definition) is 5. The lowest BCUT2D eigenvalue weighted by Gasteiger charge is -2.26. The molecule has 206 valence electrons. The maximum Gasteiger partial charge on any atom is 0.264 e. The number of hydrogen-bond donors (Lipinski definition) is 1. The van der Waals surface area contributed by atoms with Crippen LogP contribution in [-0.4, -0.2) is 27.5 Å². The maximum atomic E-state index is 13.7. The van der Waals surface area contributed by atoms with E-state index in [1.165, 1.54) is 4.31 Å². The maximum absolute atomic E-state index is 13.7. The monoisotopic (exact) mass is 576 g/mol. The molecule has 9 heteroatoms. The van der Waals surface area contributed by atoms with E-state index >= 15 is 0 Å². The Morgan fingerprint density at radius 2 is 1.62 bits per heavy atom. The molecule has 0 aromatic heterocycles. The number of sulfonamides is 1. The summed E-state index contributed by atoms with van der Waals surface area (Å²) < 4.78 is 40.0. The van der Waals surface area contributed by atoms with Crippen LogP contribution in [-0.2, 0) is 16.6 Å². The van der Waals surface area contributed by atoms with Gasteiger partial charge in [-0.2, -0.15) is 0 Å². The van der Waals surface area contributed by atoms with Crippen LogP contribution < -0.4 is 19.1 Å². The predicted octanol–water partition coefficient (Wildman–Crippen LogP) is 6.31. The molecule has 0 bridgehead atoms. The Labute approximate surface area is 239 Å². The quantitative estimate of drug-likeness (QED) is 0.266. The summed E-state index contributed by atoms with van der Waals surface area (Å²) in [5.74, 6) is 1.12. The summed E-state index contributed by atoms with van der Waals surface area (Å²) in [4.78, 5) is 13.2. The number of nitrogens with one attached hydrogen (secondary N) is 1. The average Bonchev–Trinajstić information content (AvgIpc) is 2.97. The zero-order valence-corrected chi connectivity index (χ0v) is 23.7. The van der Waals surface area contributed by atoms with Gasteiger partial charge in [-0.25, -0.2) is 8.42 Å². The van der Waals surface area contributed by atoms with E-state index in [4.69, 9.17) is 21.1 Å². The van der Waals surface area contributed by atoms with Crippen molar-refractivity contribution in [1.82, 2.24) is 5.32 Å². The van der Waals surface area contributed by atoms with E-state index in [0.717, 1.165) is 16.7 Å². The number of aryl methyl sites for hydroxylation is 1. The first-order valence-corrected chi connectivity index (χ1v) is 14.7.